The number of benzene rings is 1. The Labute approximate surface area is 102 Å². The second kappa shape index (κ2) is 4.80. The fraction of sp³-hybridized carbons (Fsp3) is 0.429. The maximum Gasteiger partial charge on any atom is 0.116 e. The molecule has 2 aromatic rings. The molecule has 0 unspecified atom stereocenters. The molecular weight excluding hydrogens is 210 g/mol. The van der Waals surface area contributed by atoms with Crippen LogP contribution in [0.5, 0.6) is 0 Å². The number of rotatable bonds is 3. The lowest BCUT2D eigenvalue weighted by molar-refractivity contribution is 0.429. The van der Waals surface area contributed by atoms with Gasteiger partial charge in [0, 0.05) is 17.1 Å². The highest BCUT2D eigenvalue weighted by molar-refractivity contribution is 5.77. The topological polar surface area (TPSA) is 37.8 Å². The van der Waals surface area contributed by atoms with Crippen LogP contribution in [-0.4, -0.2) is 22.1 Å². The van der Waals surface area contributed by atoms with E-state index in [9.17, 15) is 0 Å². The average molecular weight is 229 g/mol. The van der Waals surface area contributed by atoms with Crippen molar-refractivity contribution in [3.8, 4) is 0 Å². The highest BCUT2D eigenvalue weighted by Crippen LogP contribution is 2.12. The van der Waals surface area contributed by atoms with Crippen LogP contribution in [0.2, 0.25) is 0 Å². The molecule has 1 N–H and O–H groups in total. The molecule has 3 nitrogen and oxygen atoms in total. The molecular formula is C14H19N3. The molecule has 17 heavy (non-hydrogen) atoms. The normalized spacial score (nSPS) is 11.9. The zero-order valence-electron chi connectivity index (χ0n) is 10.7. The van der Waals surface area contributed by atoms with Crippen molar-refractivity contribution in [2.24, 2.45) is 0 Å². The zero-order valence-corrected chi connectivity index (χ0v) is 10.7. The summed E-state index contributed by atoms with van der Waals surface area (Å²) in [6.45, 7) is 7.53. The Morgan fingerprint density at radius 2 is 2.06 bits per heavy atom. The van der Waals surface area contributed by atoms with Crippen LogP contribution in [0.4, 0.5) is 0 Å². The van der Waals surface area contributed by atoms with Crippen molar-refractivity contribution in [3.05, 3.63) is 36.3 Å². The first kappa shape index (κ1) is 12.0. The molecule has 0 radical (unpaired) electrons. The van der Waals surface area contributed by atoms with Crippen molar-refractivity contribution in [1.82, 2.24) is 15.3 Å². The minimum atomic E-state index is 0.181. The Balaban J connectivity index is 2.04. The first-order valence-corrected chi connectivity index (χ1v) is 5.98. The first-order valence-electron chi connectivity index (χ1n) is 5.98. The largest absolute Gasteiger partial charge is 0.312 e. The fourth-order valence-electron chi connectivity index (χ4n) is 1.77. The van der Waals surface area contributed by atoms with E-state index in [2.05, 4.69) is 54.3 Å². The van der Waals surface area contributed by atoms with Gasteiger partial charge in [0.15, 0.2) is 0 Å². The van der Waals surface area contributed by atoms with E-state index >= 15 is 0 Å². The van der Waals surface area contributed by atoms with Crippen LogP contribution in [0.25, 0.3) is 10.9 Å². The summed E-state index contributed by atoms with van der Waals surface area (Å²) in [5.74, 6) is 0. The molecule has 0 amide bonds. The van der Waals surface area contributed by atoms with Crippen molar-refractivity contribution >= 4 is 10.9 Å². The van der Waals surface area contributed by atoms with Crippen LogP contribution in [0, 0.1) is 0 Å². The molecule has 0 atom stereocenters. The molecule has 90 valence electrons. The van der Waals surface area contributed by atoms with Crippen molar-refractivity contribution in [1.29, 1.82) is 0 Å². The molecule has 1 aromatic carbocycles. The zero-order chi connectivity index (χ0) is 12.3. The highest BCUT2D eigenvalue weighted by Gasteiger charge is 2.07. The second-order valence-corrected chi connectivity index (χ2v) is 5.34. The van der Waals surface area contributed by atoms with E-state index in [1.54, 1.807) is 6.33 Å². The van der Waals surface area contributed by atoms with Crippen LogP contribution in [0.15, 0.2) is 30.7 Å². The maximum atomic E-state index is 4.22. The van der Waals surface area contributed by atoms with E-state index in [0.717, 1.165) is 23.9 Å². The van der Waals surface area contributed by atoms with Crippen molar-refractivity contribution in [3.63, 3.8) is 0 Å². The van der Waals surface area contributed by atoms with Crippen molar-refractivity contribution < 1.29 is 0 Å². The number of nitrogens with zero attached hydrogens (tertiary/aromatic N) is 2. The quantitative estimate of drug-likeness (QED) is 0.879. The van der Waals surface area contributed by atoms with Crippen molar-refractivity contribution in [2.75, 3.05) is 6.54 Å². The molecule has 0 aliphatic heterocycles. The van der Waals surface area contributed by atoms with Crippen molar-refractivity contribution in [2.45, 2.75) is 32.7 Å². The minimum absolute atomic E-state index is 0.181. The van der Waals surface area contributed by atoms with Gasteiger partial charge in [-0.15, -0.1) is 0 Å². The van der Waals surface area contributed by atoms with Crippen LogP contribution in [-0.2, 0) is 6.42 Å². The molecule has 0 spiro atoms. The number of nitrogens with one attached hydrogen (secondary N) is 1. The van der Waals surface area contributed by atoms with Crippen LogP contribution in [0.3, 0.4) is 0 Å². The Hall–Kier alpha value is -1.48. The van der Waals surface area contributed by atoms with Gasteiger partial charge in [0.2, 0.25) is 0 Å². The molecule has 0 saturated carbocycles. The van der Waals surface area contributed by atoms with Gasteiger partial charge in [0.1, 0.15) is 6.33 Å². The van der Waals surface area contributed by atoms with Gasteiger partial charge < -0.3 is 5.32 Å². The molecule has 1 aromatic heterocycles. The SMILES string of the molecule is CC(C)(C)NCCc1ccc2ncncc2c1. The lowest BCUT2D eigenvalue weighted by atomic mass is 10.1. The van der Waals surface area contributed by atoms with Gasteiger partial charge in [-0.05, 0) is 51.4 Å². The summed E-state index contributed by atoms with van der Waals surface area (Å²) >= 11 is 0. The van der Waals surface area contributed by atoms with Crippen LogP contribution >= 0.6 is 0 Å². The first-order chi connectivity index (χ1) is 8.04. The molecule has 1 heterocycles. The molecule has 3 heteroatoms. The lowest BCUT2D eigenvalue weighted by Gasteiger charge is -2.20. The summed E-state index contributed by atoms with van der Waals surface area (Å²) in [5.41, 5.74) is 2.51. The van der Waals surface area contributed by atoms with Gasteiger partial charge in [0.25, 0.3) is 0 Å². The third-order valence-corrected chi connectivity index (χ3v) is 2.64. The third kappa shape index (κ3) is 3.49. The fourth-order valence-corrected chi connectivity index (χ4v) is 1.77. The highest BCUT2D eigenvalue weighted by atomic mass is 14.9. The summed E-state index contributed by atoms with van der Waals surface area (Å²) in [7, 11) is 0. The predicted octanol–water partition coefficient (Wildman–Crippen LogP) is 2.56. The summed E-state index contributed by atoms with van der Waals surface area (Å²) in [6.07, 6.45) is 4.48. The monoisotopic (exact) mass is 229 g/mol. The van der Waals surface area contributed by atoms with Gasteiger partial charge in [0.05, 0.1) is 5.52 Å². The number of aromatic nitrogens is 2. The maximum absolute atomic E-state index is 4.22. The van der Waals surface area contributed by atoms with Gasteiger partial charge in [-0.2, -0.15) is 0 Å². The standard InChI is InChI=1S/C14H19N3/c1-14(2,3)17-7-6-11-4-5-13-12(8-11)9-15-10-16-13/h4-5,8-10,17H,6-7H2,1-3H3. The third-order valence-electron chi connectivity index (χ3n) is 2.64. The lowest BCUT2D eigenvalue weighted by Crippen LogP contribution is -2.37. The van der Waals surface area contributed by atoms with E-state index < -0.39 is 0 Å². The predicted molar refractivity (Wildman–Crippen MR) is 71.0 cm³/mol. The molecule has 0 bridgehead atoms. The number of fused-ring (bicyclic) bond motifs is 1. The van der Waals surface area contributed by atoms with Gasteiger partial charge in [-0.1, -0.05) is 6.07 Å². The van der Waals surface area contributed by atoms with Gasteiger partial charge in [-0.25, -0.2) is 9.97 Å². The van der Waals surface area contributed by atoms with E-state index in [-0.39, 0.29) is 5.54 Å². The molecule has 0 aliphatic rings. The Morgan fingerprint density at radius 1 is 1.24 bits per heavy atom. The van der Waals surface area contributed by atoms with Gasteiger partial charge in [-0.3, -0.25) is 0 Å². The molecule has 0 saturated heterocycles. The van der Waals surface area contributed by atoms with Crippen LogP contribution in [0.1, 0.15) is 26.3 Å². The number of hydrogen-bond acceptors (Lipinski definition) is 3. The van der Waals surface area contributed by atoms with Gasteiger partial charge >= 0.3 is 0 Å². The van der Waals surface area contributed by atoms with E-state index in [1.165, 1.54) is 5.56 Å². The van der Waals surface area contributed by atoms with E-state index in [1.807, 2.05) is 6.20 Å². The summed E-state index contributed by atoms with van der Waals surface area (Å²) in [4.78, 5) is 8.26. The minimum Gasteiger partial charge on any atom is -0.312 e. The summed E-state index contributed by atoms with van der Waals surface area (Å²) in [5, 5.41) is 4.60. The Bertz CT molecular complexity index is 500. The smallest absolute Gasteiger partial charge is 0.116 e. The second-order valence-electron chi connectivity index (χ2n) is 5.34. The number of hydrogen-bond donors (Lipinski definition) is 1. The van der Waals surface area contributed by atoms with E-state index in [0.29, 0.717) is 0 Å². The van der Waals surface area contributed by atoms with Crippen LogP contribution < -0.4 is 5.32 Å². The molecule has 0 aliphatic carbocycles. The Morgan fingerprint density at radius 3 is 2.82 bits per heavy atom. The van der Waals surface area contributed by atoms with E-state index in [4.69, 9.17) is 0 Å². The molecule has 0 fully saturated rings. The average Bonchev–Trinajstić information content (AvgIpc) is 2.27. The summed E-state index contributed by atoms with van der Waals surface area (Å²) in [6, 6.07) is 6.36. The molecule has 2 rings (SSSR count). The summed E-state index contributed by atoms with van der Waals surface area (Å²) < 4.78 is 0. The Kier molecular flexibility index (Phi) is 3.38.